The van der Waals surface area contributed by atoms with Gasteiger partial charge in [0, 0.05) is 41.6 Å². The molecule has 1 saturated heterocycles. The van der Waals surface area contributed by atoms with Crippen LogP contribution in [0.15, 0.2) is 24.4 Å². The van der Waals surface area contributed by atoms with Gasteiger partial charge in [-0.1, -0.05) is 25.5 Å². The maximum atomic E-state index is 13.2. The van der Waals surface area contributed by atoms with Crippen molar-refractivity contribution in [2.24, 2.45) is 5.92 Å². The molecule has 1 N–H and O–H groups in total. The van der Waals surface area contributed by atoms with Crippen molar-refractivity contribution < 1.29 is 14.6 Å². The van der Waals surface area contributed by atoms with Gasteiger partial charge in [-0.25, -0.2) is 0 Å². The van der Waals surface area contributed by atoms with E-state index in [0.29, 0.717) is 18.0 Å². The molecule has 0 spiro atoms. The summed E-state index contributed by atoms with van der Waals surface area (Å²) in [6, 6.07) is 7.56. The number of ether oxygens (including phenoxy) is 1. The number of nitrogens with zero attached hydrogens (tertiary/aromatic N) is 2. The number of fused-ring (bicyclic) bond motifs is 2. The number of carbonyl (C=O) groups excluding carboxylic acids is 1. The van der Waals surface area contributed by atoms with Crippen molar-refractivity contribution in [2.45, 2.75) is 89.5 Å². The van der Waals surface area contributed by atoms with E-state index in [1.54, 1.807) is 0 Å². The van der Waals surface area contributed by atoms with Crippen molar-refractivity contribution >= 4 is 16.9 Å². The second kappa shape index (κ2) is 8.25. The van der Waals surface area contributed by atoms with E-state index in [1.165, 1.54) is 22.0 Å². The van der Waals surface area contributed by atoms with Gasteiger partial charge in [0.1, 0.15) is 6.10 Å². The normalized spacial score (nSPS) is 31.1. The molecule has 2 aliphatic carbocycles. The molecule has 2 aromatic rings. The molecule has 2 heterocycles. The van der Waals surface area contributed by atoms with E-state index in [-0.39, 0.29) is 18.0 Å². The predicted molar refractivity (Wildman–Crippen MR) is 122 cm³/mol. The number of benzene rings is 1. The SMILES string of the molecule is CCN1CC(C(=O)OC2CCCCC2O)C[C@@H]2c3cccc4c3c(cn4C(C)C)C[C@H]21. The molecule has 5 rings (SSSR count). The fourth-order valence-electron chi connectivity index (χ4n) is 6.35. The van der Waals surface area contributed by atoms with Crippen molar-refractivity contribution in [3.63, 3.8) is 0 Å². The summed E-state index contributed by atoms with van der Waals surface area (Å²) in [6.07, 6.45) is 7.00. The van der Waals surface area contributed by atoms with Crippen LogP contribution >= 0.6 is 0 Å². The van der Waals surface area contributed by atoms with Crippen molar-refractivity contribution in [1.29, 1.82) is 0 Å². The molecule has 3 aliphatic rings. The number of aromatic nitrogens is 1. The maximum Gasteiger partial charge on any atom is 0.310 e. The van der Waals surface area contributed by atoms with Crippen molar-refractivity contribution in [3.8, 4) is 0 Å². The highest BCUT2D eigenvalue weighted by Gasteiger charge is 2.43. The molecule has 1 saturated carbocycles. The summed E-state index contributed by atoms with van der Waals surface area (Å²) in [5.74, 6) is 0.113. The van der Waals surface area contributed by atoms with Crippen molar-refractivity contribution in [1.82, 2.24) is 9.47 Å². The van der Waals surface area contributed by atoms with Crippen LogP contribution in [0.4, 0.5) is 0 Å². The predicted octanol–water partition coefficient (Wildman–Crippen LogP) is 4.42. The zero-order valence-corrected chi connectivity index (χ0v) is 19.1. The molecule has 31 heavy (non-hydrogen) atoms. The van der Waals surface area contributed by atoms with Crippen LogP contribution in [0.5, 0.6) is 0 Å². The largest absolute Gasteiger partial charge is 0.459 e. The summed E-state index contributed by atoms with van der Waals surface area (Å²) < 4.78 is 8.27. The lowest BCUT2D eigenvalue weighted by Gasteiger charge is -2.46. The Balaban J connectivity index is 1.45. The minimum atomic E-state index is -0.502. The van der Waals surface area contributed by atoms with Crippen molar-refractivity contribution in [3.05, 3.63) is 35.5 Å². The number of aliphatic hydroxyl groups is 1. The molecule has 1 aliphatic heterocycles. The second-order valence-electron chi connectivity index (χ2n) is 10.1. The van der Waals surface area contributed by atoms with Gasteiger partial charge >= 0.3 is 5.97 Å². The van der Waals surface area contributed by atoms with Crippen LogP contribution in [0.2, 0.25) is 0 Å². The summed E-state index contributed by atoms with van der Waals surface area (Å²) in [5, 5.41) is 11.7. The Labute approximate surface area is 185 Å². The van der Waals surface area contributed by atoms with Crippen LogP contribution in [0.25, 0.3) is 10.9 Å². The molecule has 0 bridgehead atoms. The van der Waals surface area contributed by atoms with Gasteiger partial charge in [0.05, 0.1) is 12.0 Å². The van der Waals surface area contributed by atoms with E-state index in [4.69, 9.17) is 4.74 Å². The van der Waals surface area contributed by atoms with Gasteiger partial charge < -0.3 is 14.4 Å². The first-order valence-electron chi connectivity index (χ1n) is 12.2. The Hall–Kier alpha value is -1.85. The minimum Gasteiger partial charge on any atom is -0.459 e. The number of rotatable bonds is 4. The summed E-state index contributed by atoms with van der Waals surface area (Å²) in [7, 11) is 0. The first-order chi connectivity index (χ1) is 15.0. The third-order valence-electron chi connectivity index (χ3n) is 7.96. The van der Waals surface area contributed by atoms with Gasteiger partial charge in [0.15, 0.2) is 0 Å². The lowest BCUT2D eigenvalue weighted by Crippen LogP contribution is -2.52. The van der Waals surface area contributed by atoms with Gasteiger partial charge in [-0.15, -0.1) is 0 Å². The Morgan fingerprint density at radius 2 is 2.06 bits per heavy atom. The van der Waals surface area contributed by atoms with Crippen molar-refractivity contribution in [2.75, 3.05) is 13.1 Å². The summed E-state index contributed by atoms with van der Waals surface area (Å²) in [5.41, 5.74) is 4.17. The molecular formula is C26H36N2O3. The lowest BCUT2D eigenvalue weighted by molar-refractivity contribution is -0.165. The van der Waals surface area contributed by atoms with E-state index in [0.717, 1.165) is 51.6 Å². The van der Waals surface area contributed by atoms with E-state index in [2.05, 4.69) is 54.6 Å². The van der Waals surface area contributed by atoms with E-state index < -0.39 is 6.10 Å². The van der Waals surface area contributed by atoms with Crippen LogP contribution in [0.1, 0.15) is 76.0 Å². The minimum absolute atomic E-state index is 0.111. The Bertz CT molecular complexity index is 965. The monoisotopic (exact) mass is 424 g/mol. The highest BCUT2D eigenvalue weighted by Crippen LogP contribution is 2.46. The third kappa shape index (κ3) is 3.60. The fraction of sp³-hybridized carbons (Fsp3) is 0.654. The topological polar surface area (TPSA) is 54.7 Å². The molecule has 0 amide bonds. The number of likely N-dealkylation sites (tertiary alicyclic amines) is 1. The van der Waals surface area contributed by atoms with Gasteiger partial charge in [-0.3, -0.25) is 9.69 Å². The summed E-state index contributed by atoms with van der Waals surface area (Å²) >= 11 is 0. The van der Waals surface area contributed by atoms with Gasteiger partial charge in [-0.05, 0) is 69.7 Å². The molecule has 0 radical (unpaired) electrons. The number of likely N-dealkylation sites (N-methyl/N-ethyl adjacent to an activating group) is 1. The number of aliphatic hydroxyl groups excluding tert-OH is 1. The van der Waals surface area contributed by atoms with Crippen LogP contribution in [-0.4, -0.2) is 51.9 Å². The Morgan fingerprint density at radius 3 is 2.81 bits per heavy atom. The van der Waals surface area contributed by atoms with E-state index in [1.807, 2.05) is 0 Å². The standard InChI is InChI=1S/C26H36N2O3/c1-4-27-14-18(26(30)31-24-11-6-5-10-23(24)29)12-20-19-8-7-9-21-25(19)17(13-22(20)27)15-28(21)16(2)3/h7-9,15-16,18,20,22-24,29H,4-6,10-14H2,1-3H3/t18?,20-,22-,23?,24?/m1/s1. The average Bonchev–Trinajstić information content (AvgIpc) is 3.15. The second-order valence-corrected chi connectivity index (χ2v) is 10.1. The quantitative estimate of drug-likeness (QED) is 0.739. The average molecular weight is 425 g/mol. The number of carbonyl (C=O) groups is 1. The van der Waals surface area contributed by atoms with Crippen LogP contribution < -0.4 is 0 Å². The molecule has 1 aromatic heterocycles. The highest BCUT2D eigenvalue weighted by atomic mass is 16.6. The Kier molecular flexibility index (Phi) is 5.59. The smallest absolute Gasteiger partial charge is 0.310 e. The molecule has 5 heteroatoms. The third-order valence-corrected chi connectivity index (χ3v) is 7.96. The number of esters is 1. The van der Waals surface area contributed by atoms with Crippen LogP contribution in [0, 0.1) is 5.92 Å². The molecule has 168 valence electrons. The number of hydrogen-bond donors (Lipinski definition) is 1. The number of hydrogen-bond acceptors (Lipinski definition) is 4. The molecular weight excluding hydrogens is 388 g/mol. The lowest BCUT2D eigenvalue weighted by atomic mass is 9.72. The number of piperidine rings is 1. The summed E-state index contributed by atoms with van der Waals surface area (Å²) in [6.45, 7) is 8.38. The Morgan fingerprint density at radius 1 is 1.26 bits per heavy atom. The van der Waals surface area contributed by atoms with Gasteiger partial charge in [-0.2, -0.15) is 0 Å². The fourth-order valence-corrected chi connectivity index (χ4v) is 6.35. The first-order valence-corrected chi connectivity index (χ1v) is 12.2. The molecule has 5 nitrogen and oxygen atoms in total. The van der Waals surface area contributed by atoms with Gasteiger partial charge in [0.25, 0.3) is 0 Å². The first kappa shape index (κ1) is 21.0. The van der Waals surface area contributed by atoms with Crippen LogP contribution in [0.3, 0.4) is 0 Å². The summed E-state index contributed by atoms with van der Waals surface area (Å²) in [4.78, 5) is 15.7. The van der Waals surface area contributed by atoms with E-state index in [9.17, 15) is 9.90 Å². The zero-order chi connectivity index (χ0) is 21.7. The zero-order valence-electron chi connectivity index (χ0n) is 19.1. The van der Waals surface area contributed by atoms with Crippen LogP contribution in [-0.2, 0) is 16.0 Å². The van der Waals surface area contributed by atoms with E-state index >= 15 is 0 Å². The molecule has 2 fully saturated rings. The molecule has 3 unspecified atom stereocenters. The van der Waals surface area contributed by atoms with Gasteiger partial charge in [0.2, 0.25) is 0 Å². The maximum absolute atomic E-state index is 13.2. The molecule has 1 aromatic carbocycles. The molecule has 5 atom stereocenters. The highest BCUT2D eigenvalue weighted by molar-refractivity contribution is 5.89.